The molecule has 11 heteroatoms. The zero-order valence-electron chi connectivity index (χ0n) is 20.4. The SMILES string of the molecule is O=C(Cc1ccncc1)Nc1ccc(OC2CCN(C3CCC3)CC2)cc1.O=C(O)[C@H](O)[C@@H](O)C(=O)O. The molecule has 1 saturated carbocycles. The molecule has 1 aliphatic carbocycles. The number of hydrogen-bond donors (Lipinski definition) is 5. The molecule has 2 fully saturated rings. The van der Waals surface area contributed by atoms with E-state index in [0.717, 1.165) is 49.0 Å². The lowest BCUT2D eigenvalue weighted by atomic mass is 9.90. The van der Waals surface area contributed by atoms with Gasteiger partial charge >= 0.3 is 11.9 Å². The molecule has 5 N–H and O–H groups in total. The highest BCUT2D eigenvalue weighted by Gasteiger charge is 2.30. The van der Waals surface area contributed by atoms with Gasteiger partial charge in [-0.25, -0.2) is 9.59 Å². The van der Waals surface area contributed by atoms with Crippen molar-refractivity contribution in [3.8, 4) is 5.75 Å². The first-order valence-electron chi connectivity index (χ1n) is 12.2. The zero-order chi connectivity index (χ0) is 26.8. The predicted molar refractivity (Wildman–Crippen MR) is 133 cm³/mol. The number of carbonyl (C=O) groups is 3. The summed E-state index contributed by atoms with van der Waals surface area (Å²) >= 11 is 0. The van der Waals surface area contributed by atoms with Crippen LogP contribution >= 0.6 is 0 Å². The molecular weight excluding hydrogens is 482 g/mol. The van der Waals surface area contributed by atoms with Crippen LogP contribution < -0.4 is 10.1 Å². The second-order valence-electron chi connectivity index (χ2n) is 9.11. The van der Waals surface area contributed by atoms with Gasteiger partial charge in [0, 0.05) is 37.2 Å². The number of hydrogen-bond acceptors (Lipinski definition) is 8. The highest BCUT2D eigenvalue weighted by molar-refractivity contribution is 5.92. The van der Waals surface area contributed by atoms with E-state index >= 15 is 0 Å². The first-order valence-corrected chi connectivity index (χ1v) is 12.2. The van der Waals surface area contributed by atoms with E-state index in [-0.39, 0.29) is 5.91 Å². The molecule has 0 spiro atoms. The minimum absolute atomic E-state index is 0.0294. The number of aromatic nitrogens is 1. The smallest absolute Gasteiger partial charge is 0.335 e. The largest absolute Gasteiger partial charge is 0.490 e. The summed E-state index contributed by atoms with van der Waals surface area (Å²) in [6.07, 6.45) is 5.86. The third-order valence-corrected chi connectivity index (χ3v) is 6.43. The molecule has 200 valence electrons. The third kappa shape index (κ3) is 8.81. The van der Waals surface area contributed by atoms with Crippen LogP contribution in [0.5, 0.6) is 5.75 Å². The number of carboxylic acids is 2. The summed E-state index contributed by atoms with van der Waals surface area (Å²) in [5.74, 6) is -2.69. The number of likely N-dealkylation sites (tertiary alicyclic amines) is 1. The lowest BCUT2D eigenvalue weighted by molar-refractivity contribution is -0.165. The molecule has 1 aromatic carbocycles. The average Bonchev–Trinajstić information content (AvgIpc) is 2.85. The summed E-state index contributed by atoms with van der Waals surface area (Å²) in [4.78, 5) is 38.3. The van der Waals surface area contributed by atoms with Gasteiger partial charge < -0.3 is 35.4 Å². The van der Waals surface area contributed by atoms with Crippen molar-refractivity contribution in [3.05, 3.63) is 54.4 Å². The number of pyridine rings is 1. The molecule has 1 amide bonds. The van der Waals surface area contributed by atoms with Crippen LogP contribution in [0, 0.1) is 0 Å². The molecule has 4 rings (SSSR count). The molecule has 0 radical (unpaired) electrons. The minimum Gasteiger partial charge on any atom is -0.490 e. The number of anilines is 1. The van der Waals surface area contributed by atoms with Gasteiger partial charge in [0.05, 0.1) is 6.42 Å². The number of piperidine rings is 1. The van der Waals surface area contributed by atoms with E-state index in [0.29, 0.717) is 12.5 Å². The summed E-state index contributed by atoms with van der Waals surface area (Å²) in [7, 11) is 0. The summed E-state index contributed by atoms with van der Waals surface area (Å²) in [6.45, 7) is 2.30. The number of nitrogens with one attached hydrogen (secondary N) is 1. The van der Waals surface area contributed by atoms with Gasteiger partial charge in [-0.15, -0.1) is 0 Å². The Morgan fingerprint density at radius 1 is 0.919 bits per heavy atom. The molecule has 2 aromatic rings. The van der Waals surface area contributed by atoms with Crippen LogP contribution in [0.25, 0.3) is 0 Å². The van der Waals surface area contributed by atoms with Gasteiger partial charge in [-0.3, -0.25) is 9.78 Å². The number of nitrogens with zero attached hydrogens (tertiary/aromatic N) is 2. The number of aliphatic hydroxyl groups is 2. The quantitative estimate of drug-likeness (QED) is 0.330. The zero-order valence-corrected chi connectivity index (χ0v) is 20.4. The van der Waals surface area contributed by atoms with Crippen molar-refractivity contribution < 1.29 is 39.5 Å². The Kier molecular flexibility index (Phi) is 10.4. The predicted octanol–water partition coefficient (Wildman–Crippen LogP) is 1.54. The molecule has 1 aromatic heterocycles. The number of carboxylic acid groups (broad SMARTS) is 2. The van der Waals surface area contributed by atoms with Crippen molar-refractivity contribution in [2.75, 3.05) is 18.4 Å². The van der Waals surface area contributed by atoms with E-state index in [1.165, 1.54) is 19.3 Å². The summed E-state index contributed by atoms with van der Waals surface area (Å²) in [5, 5.41) is 35.5. The van der Waals surface area contributed by atoms with Gasteiger partial charge in [-0.1, -0.05) is 6.42 Å². The number of rotatable bonds is 9. The Labute approximate surface area is 214 Å². The van der Waals surface area contributed by atoms with Crippen molar-refractivity contribution in [3.63, 3.8) is 0 Å². The maximum atomic E-state index is 12.1. The molecule has 2 atom stereocenters. The number of aliphatic hydroxyl groups excluding tert-OH is 2. The second kappa shape index (κ2) is 13.7. The van der Waals surface area contributed by atoms with Crippen LogP contribution in [0.3, 0.4) is 0 Å². The Balaban J connectivity index is 0.000000325. The monoisotopic (exact) mass is 515 g/mol. The molecule has 37 heavy (non-hydrogen) atoms. The first kappa shape index (κ1) is 28.0. The number of benzene rings is 1. The van der Waals surface area contributed by atoms with E-state index in [9.17, 15) is 14.4 Å². The highest BCUT2D eigenvalue weighted by atomic mass is 16.5. The minimum atomic E-state index is -2.27. The van der Waals surface area contributed by atoms with E-state index in [2.05, 4.69) is 15.2 Å². The number of carbonyl (C=O) groups excluding carboxylic acids is 1. The molecular formula is C26H33N3O8. The standard InChI is InChI=1S/C22H27N3O2.C4H6O6/c26-22(16-17-8-12-23-13-9-17)24-18-4-6-20(7-5-18)27-21-10-14-25(15-11-21)19-2-1-3-19;5-1(3(7)8)2(6)4(9)10/h4-9,12-13,19,21H,1-3,10-11,14-16H2,(H,24,26);1-2,5-6H,(H,7,8)(H,9,10)/t;1-,2-/m.1/s1. The van der Waals surface area contributed by atoms with Crippen LogP contribution in [-0.2, 0) is 20.8 Å². The van der Waals surface area contributed by atoms with Gasteiger partial charge in [0.25, 0.3) is 0 Å². The summed E-state index contributed by atoms with van der Waals surface area (Å²) in [6, 6.07) is 12.2. The molecule has 1 saturated heterocycles. The summed E-state index contributed by atoms with van der Waals surface area (Å²) in [5.41, 5.74) is 1.75. The van der Waals surface area contributed by atoms with E-state index in [1.807, 2.05) is 36.4 Å². The Morgan fingerprint density at radius 3 is 1.97 bits per heavy atom. The van der Waals surface area contributed by atoms with Gasteiger partial charge in [0.2, 0.25) is 5.91 Å². The number of aliphatic carboxylic acids is 2. The van der Waals surface area contributed by atoms with E-state index < -0.39 is 24.1 Å². The van der Waals surface area contributed by atoms with Crippen LogP contribution in [0.4, 0.5) is 5.69 Å². The van der Waals surface area contributed by atoms with Crippen LogP contribution in [0.1, 0.15) is 37.7 Å². The van der Waals surface area contributed by atoms with Crippen molar-refractivity contribution >= 4 is 23.5 Å². The fraction of sp³-hybridized carbons (Fsp3) is 0.462. The third-order valence-electron chi connectivity index (χ3n) is 6.43. The second-order valence-corrected chi connectivity index (χ2v) is 9.11. The Bertz CT molecular complexity index is 1000. The number of ether oxygens (including phenoxy) is 1. The maximum Gasteiger partial charge on any atom is 0.335 e. The average molecular weight is 516 g/mol. The maximum absolute atomic E-state index is 12.1. The van der Waals surface area contributed by atoms with E-state index in [4.69, 9.17) is 25.2 Å². The van der Waals surface area contributed by atoms with E-state index in [1.54, 1.807) is 12.4 Å². The normalized spacial score (nSPS) is 17.9. The fourth-order valence-corrected chi connectivity index (χ4v) is 4.08. The topological polar surface area (TPSA) is 170 Å². The van der Waals surface area contributed by atoms with Gasteiger partial charge in [-0.05, 0) is 67.6 Å². The lowest BCUT2D eigenvalue weighted by Gasteiger charge is -2.41. The summed E-state index contributed by atoms with van der Waals surface area (Å²) < 4.78 is 6.14. The van der Waals surface area contributed by atoms with Crippen LogP contribution in [0.2, 0.25) is 0 Å². The fourth-order valence-electron chi connectivity index (χ4n) is 4.08. The van der Waals surface area contributed by atoms with Gasteiger partial charge in [-0.2, -0.15) is 0 Å². The Hall–Kier alpha value is -3.54. The molecule has 1 aliphatic heterocycles. The van der Waals surface area contributed by atoms with Gasteiger partial charge in [0.1, 0.15) is 11.9 Å². The lowest BCUT2D eigenvalue weighted by Crippen LogP contribution is -2.46. The van der Waals surface area contributed by atoms with Crippen molar-refractivity contribution in [1.82, 2.24) is 9.88 Å². The Morgan fingerprint density at radius 2 is 1.49 bits per heavy atom. The molecule has 2 heterocycles. The molecule has 0 bridgehead atoms. The van der Waals surface area contributed by atoms with Gasteiger partial charge in [0.15, 0.2) is 12.2 Å². The molecule has 0 unspecified atom stereocenters. The first-order chi connectivity index (χ1) is 17.7. The number of amides is 1. The van der Waals surface area contributed by atoms with Crippen LogP contribution in [0.15, 0.2) is 48.8 Å². The van der Waals surface area contributed by atoms with Crippen molar-refractivity contribution in [2.45, 2.75) is 62.9 Å². The van der Waals surface area contributed by atoms with Crippen LogP contribution in [-0.4, -0.2) is 85.6 Å². The highest BCUT2D eigenvalue weighted by Crippen LogP contribution is 2.28. The molecule has 11 nitrogen and oxygen atoms in total. The van der Waals surface area contributed by atoms with Crippen molar-refractivity contribution in [2.24, 2.45) is 0 Å². The molecule has 2 aliphatic rings. The van der Waals surface area contributed by atoms with Crippen molar-refractivity contribution in [1.29, 1.82) is 0 Å².